The van der Waals surface area contributed by atoms with Gasteiger partial charge in [0, 0.05) is 6.92 Å². The van der Waals surface area contributed by atoms with Crippen molar-refractivity contribution in [3.8, 4) is 0 Å². The van der Waals surface area contributed by atoms with Gasteiger partial charge in [-0.2, -0.15) is 10.1 Å². The fourth-order valence-electron chi connectivity index (χ4n) is 1.55. The summed E-state index contributed by atoms with van der Waals surface area (Å²) in [5, 5.41) is 8.33. The third-order valence-corrected chi connectivity index (χ3v) is 2.45. The van der Waals surface area contributed by atoms with Crippen molar-refractivity contribution in [1.82, 2.24) is 0 Å². The average molecular weight is 326 g/mol. The van der Waals surface area contributed by atoms with Crippen LogP contribution in [0.15, 0.2) is 24.3 Å². The lowest BCUT2D eigenvalue weighted by atomic mass is 9.84. The molecule has 0 bridgehead atoms. The van der Waals surface area contributed by atoms with Gasteiger partial charge >= 0.3 is 11.9 Å². The highest BCUT2D eigenvalue weighted by atomic mass is 17.2. The molecule has 0 unspecified atom stereocenters. The molecule has 1 aromatic rings. The van der Waals surface area contributed by atoms with Crippen molar-refractivity contribution in [2.75, 3.05) is 0 Å². The van der Waals surface area contributed by atoms with Gasteiger partial charge in [0.2, 0.25) is 0 Å². The van der Waals surface area contributed by atoms with E-state index in [2.05, 4.69) is 14.7 Å². The zero-order valence-corrected chi connectivity index (χ0v) is 14.8. The summed E-state index contributed by atoms with van der Waals surface area (Å²) in [7, 11) is 0. The molecule has 6 nitrogen and oxygen atoms in total. The Balaban J connectivity index is 0.000000468. The molecule has 0 aliphatic heterocycles. The predicted molar refractivity (Wildman–Crippen MR) is 85.8 cm³/mol. The summed E-state index contributed by atoms with van der Waals surface area (Å²) in [6, 6.07) is 7.08. The molecule has 0 aliphatic carbocycles. The number of carbonyl (C=O) groups is 2. The molecule has 0 atom stereocenters. The molecule has 1 N–H and O–H groups in total. The van der Waals surface area contributed by atoms with Crippen molar-refractivity contribution in [3.05, 3.63) is 35.4 Å². The molecule has 0 spiro atoms. The van der Waals surface area contributed by atoms with Gasteiger partial charge < -0.3 is 0 Å². The maximum atomic E-state index is 11.2. The van der Waals surface area contributed by atoms with E-state index in [-0.39, 0.29) is 5.41 Å². The molecule has 0 amide bonds. The Hall–Kier alpha value is -1.92. The molecule has 0 saturated carbocycles. The van der Waals surface area contributed by atoms with E-state index >= 15 is 0 Å². The van der Waals surface area contributed by atoms with E-state index in [9.17, 15) is 9.59 Å². The predicted octanol–water partition coefficient (Wildman–Crippen LogP) is 3.89. The second kappa shape index (κ2) is 8.64. The number of rotatable bonds is 2. The zero-order valence-electron chi connectivity index (χ0n) is 14.8. The van der Waals surface area contributed by atoms with E-state index in [1.54, 1.807) is 32.9 Å². The summed E-state index contributed by atoms with van der Waals surface area (Å²) in [6.07, 6.45) is 0. The first-order valence-electron chi connectivity index (χ1n) is 7.20. The van der Waals surface area contributed by atoms with Crippen LogP contribution in [-0.2, 0) is 24.9 Å². The number of benzene rings is 1. The maximum absolute atomic E-state index is 11.2. The Morgan fingerprint density at radius 2 is 1.52 bits per heavy atom. The summed E-state index contributed by atoms with van der Waals surface area (Å²) >= 11 is 0. The van der Waals surface area contributed by atoms with Gasteiger partial charge in [-0.1, -0.05) is 39.0 Å². The van der Waals surface area contributed by atoms with Crippen LogP contribution < -0.4 is 0 Å². The van der Waals surface area contributed by atoms with Gasteiger partial charge in [-0.15, -0.1) is 0 Å². The Kier molecular flexibility index (Phi) is 7.92. The number of hydrogen-bond donors (Lipinski definition) is 1. The van der Waals surface area contributed by atoms with Gasteiger partial charge in [0.05, 0.1) is 5.56 Å². The molecule has 6 heteroatoms. The molecule has 0 radical (unpaired) electrons. The Labute approximate surface area is 137 Å². The maximum Gasteiger partial charge on any atom is 0.373 e. The Morgan fingerprint density at radius 1 is 1.00 bits per heavy atom. The summed E-state index contributed by atoms with van der Waals surface area (Å²) in [4.78, 5) is 34.0. The number of hydrogen-bond acceptors (Lipinski definition) is 6. The Morgan fingerprint density at radius 3 is 1.87 bits per heavy atom. The van der Waals surface area contributed by atoms with E-state index in [0.29, 0.717) is 5.56 Å². The summed E-state index contributed by atoms with van der Waals surface area (Å²) in [6.45, 7) is 12.7. The van der Waals surface area contributed by atoms with Crippen LogP contribution in [0.25, 0.3) is 0 Å². The first kappa shape index (κ1) is 21.1. The minimum absolute atomic E-state index is 0.148. The zero-order chi connectivity index (χ0) is 18.3. The molecule has 0 heterocycles. The van der Waals surface area contributed by atoms with Gasteiger partial charge in [-0.05, 0) is 37.8 Å². The summed E-state index contributed by atoms with van der Waals surface area (Å²) < 4.78 is 0. The monoisotopic (exact) mass is 326 g/mol. The standard InChI is InChI=1S/C11H14O3.C6H12O3/c1-11(2,3)9-7-5-4-6-8(9)10(12)14-13;1-5(7)8-9-6(2,3)4/h4-7,13H,1-3H3;1-4H3. The minimum atomic E-state index is -0.712. The lowest BCUT2D eigenvalue weighted by molar-refractivity contribution is -0.318. The van der Waals surface area contributed by atoms with Crippen molar-refractivity contribution in [2.45, 2.75) is 59.5 Å². The average Bonchev–Trinajstić information content (AvgIpc) is 2.43. The van der Waals surface area contributed by atoms with Crippen LogP contribution in [0.5, 0.6) is 0 Å². The topological polar surface area (TPSA) is 82.1 Å². The van der Waals surface area contributed by atoms with Crippen LogP contribution in [-0.4, -0.2) is 22.8 Å². The summed E-state index contributed by atoms with van der Waals surface area (Å²) in [5.74, 6) is -1.14. The van der Waals surface area contributed by atoms with Crippen molar-refractivity contribution in [3.63, 3.8) is 0 Å². The molecule has 130 valence electrons. The fraction of sp³-hybridized carbons (Fsp3) is 0.529. The normalized spacial score (nSPS) is 11.1. The molecule has 1 rings (SSSR count). The summed E-state index contributed by atoms with van der Waals surface area (Å²) in [5.41, 5.74) is 0.706. The van der Waals surface area contributed by atoms with E-state index in [1.165, 1.54) is 6.92 Å². The van der Waals surface area contributed by atoms with Gasteiger partial charge in [-0.25, -0.2) is 9.59 Å². The van der Waals surface area contributed by atoms with E-state index < -0.39 is 17.5 Å². The highest BCUT2D eigenvalue weighted by Crippen LogP contribution is 2.25. The van der Waals surface area contributed by atoms with Crippen LogP contribution >= 0.6 is 0 Å². The first-order chi connectivity index (χ1) is 10.4. The van der Waals surface area contributed by atoms with Crippen LogP contribution in [0.3, 0.4) is 0 Å². The van der Waals surface area contributed by atoms with Crippen molar-refractivity contribution in [2.24, 2.45) is 0 Å². The molecular formula is C17H26O6. The number of carbonyl (C=O) groups excluding carboxylic acids is 2. The van der Waals surface area contributed by atoms with Gasteiger partial charge in [0.15, 0.2) is 0 Å². The largest absolute Gasteiger partial charge is 0.373 e. The minimum Gasteiger partial charge on any atom is -0.298 e. The second-order valence-corrected chi connectivity index (χ2v) is 6.94. The fourth-order valence-corrected chi connectivity index (χ4v) is 1.55. The van der Waals surface area contributed by atoms with E-state index in [4.69, 9.17) is 5.26 Å². The van der Waals surface area contributed by atoms with Crippen LogP contribution in [0, 0.1) is 0 Å². The second-order valence-electron chi connectivity index (χ2n) is 6.94. The highest BCUT2D eigenvalue weighted by Gasteiger charge is 2.21. The third kappa shape index (κ3) is 8.95. The lowest BCUT2D eigenvalue weighted by Crippen LogP contribution is -2.20. The van der Waals surface area contributed by atoms with E-state index in [1.807, 2.05) is 32.9 Å². The first-order valence-corrected chi connectivity index (χ1v) is 7.20. The smallest absolute Gasteiger partial charge is 0.298 e. The third-order valence-electron chi connectivity index (χ3n) is 2.45. The van der Waals surface area contributed by atoms with Gasteiger partial charge in [-0.3, -0.25) is 9.78 Å². The van der Waals surface area contributed by atoms with Crippen molar-refractivity contribution < 1.29 is 29.5 Å². The lowest BCUT2D eigenvalue weighted by Gasteiger charge is -2.21. The molecule has 1 aromatic carbocycles. The molecular weight excluding hydrogens is 300 g/mol. The Bertz CT molecular complexity index is 523. The van der Waals surface area contributed by atoms with Crippen LogP contribution in [0.2, 0.25) is 0 Å². The molecule has 0 aromatic heterocycles. The molecule has 23 heavy (non-hydrogen) atoms. The van der Waals surface area contributed by atoms with Gasteiger partial charge in [0.1, 0.15) is 5.60 Å². The van der Waals surface area contributed by atoms with Crippen molar-refractivity contribution in [1.29, 1.82) is 0 Å². The SMILES string of the molecule is CC(=O)OOC(C)(C)C.CC(C)(C)c1ccccc1C(=O)OO. The molecule has 0 saturated heterocycles. The van der Waals surface area contributed by atoms with Crippen molar-refractivity contribution >= 4 is 11.9 Å². The quantitative estimate of drug-likeness (QED) is 0.656. The molecule has 0 fully saturated rings. The van der Waals surface area contributed by atoms with Gasteiger partial charge in [0.25, 0.3) is 0 Å². The van der Waals surface area contributed by atoms with Crippen LogP contribution in [0.4, 0.5) is 0 Å². The van der Waals surface area contributed by atoms with Crippen LogP contribution in [0.1, 0.15) is 64.4 Å². The highest BCUT2D eigenvalue weighted by molar-refractivity contribution is 5.91. The molecule has 0 aliphatic rings. The van der Waals surface area contributed by atoms with E-state index in [0.717, 1.165) is 5.56 Å².